The second-order valence-electron chi connectivity index (χ2n) is 7.53. The smallest absolute Gasteiger partial charge is 0.243 e. The third-order valence-electron chi connectivity index (χ3n) is 5.21. The molecule has 1 atom stereocenters. The summed E-state index contributed by atoms with van der Waals surface area (Å²) < 4.78 is 52.6. The number of nitrogens with zero attached hydrogens (tertiary/aromatic N) is 2. The van der Waals surface area contributed by atoms with Gasteiger partial charge in [-0.2, -0.15) is 4.31 Å². The lowest BCUT2D eigenvalue weighted by Crippen LogP contribution is -2.32. The third kappa shape index (κ3) is 6.45. The summed E-state index contributed by atoms with van der Waals surface area (Å²) in [5, 5.41) is 3.65. The van der Waals surface area contributed by atoms with Crippen LogP contribution in [0.25, 0.3) is 0 Å². The van der Waals surface area contributed by atoms with E-state index in [2.05, 4.69) is 21.6 Å². The minimum Gasteiger partial charge on any atom is -0.352 e. The van der Waals surface area contributed by atoms with Gasteiger partial charge in [0.1, 0.15) is 0 Å². The van der Waals surface area contributed by atoms with Gasteiger partial charge >= 0.3 is 0 Å². The van der Waals surface area contributed by atoms with Gasteiger partial charge in [-0.1, -0.05) is 18.7 Å². The van der Waals surface area contributed by atoms with E-state index in [-0.39, 0.29) is 36.2 Å². The zero-order valence-electron chi connectivity index (χ0n) is 17.5. The van der Waals surface area contributed by atoms with Crippen LogP contribution in [0.4, 0.5) is 0 Å². The number of amides is 1. The minimum atomic E-state index is -3.69. The number of hydrogen-bond donors (Lipinski definition) is 2. The standard InChI is InChI=1S/C21H26N4O5S2/c1-2-31(27,28)24-15-19-9-12-25(16-19)32(29,30)20-5-3-17(4-6-20)13-21(26)23-14-18-7-10-22-11-8-18/h2-8,10-11,19,24H,1,9,12-16H2,(H,23,26)/t19-/m1/s1. The van der Waals surface area contributed by atoms with Crippen LogP contribution < -0.4 is 10.0 Å². The van der Waals surface area contributed by atoms with E-state index in [1.54, 1.807) is 24.5 Å². The lowest BCUT2D eigenvalue weighted by molar-refractivity contribution is -0.120. The van der Waals surface area contributed by atoms with Crippen LogP contribution in [0.1, 0.15) is 17.5 Å². The first-order valence-electron chi connectivity index (χ1n) is 10.1. The second kappa shape index (κ2) is 10.3. The Labute approximate surface area is 188 Å². The van der Waals surface area contributed by atoms with E-state index in [1.165, 1.54) is 16.4 Å². The fraction of sp³-hybridized carbons (Fsp3) is 0.333. The molecule has 1 saturated heterocycles. The molecule has 0 aliphatic carbocycles. The maximum atomic E-state index is 12.9. The summed E-state index contributed by atoms with van der Waals surface area (Å²) in [7, 11) is -7.23. The molecule has 172 valence electrons. The highest BCUT2D eigenvalue weighted by Crippen LogP contribution is 2.24. The second-order valence-corrected chi connectivity index (χ2v) is 11.2. The topological polar surface area (TPSA) is 126 Å². The predicted octanol–water partition coefficient (Wildman–Crippen LogP) is 1.01. The van der Waals surface area contributed by atoms with Crippen LogP contribution in [-0.4, -0.2) is 51.7 Å². The molecule has 9 nitrogen and oxygen atoms in total. The molecule has 11 heteroatoms. The molecule has 1 aromatic carbocycles. The molecule has 1 amide bonds. The predicted molar refractivity (Wildman–Crippen MR) is 120 cm³/mol. The van der Waals surface area contributed by atoms with E-state index in [9.17, 15) is 21.6 Å². The van der Waals surface area contributed by atoms with E-state index in [0.29, 0.717) is 25.1 Å². The number of sulfonamides is 2. The van der Waals surface area contributed by atoms with E-state index >= 15 is 0 Å². The van der Waals surface area contributed by atoms with Crippen LogP contribution in [0.3, 0.4) is 0 Å². The van der Waals surface area contributed by atoms with Crippen LogP contribution in [0.15, 0.2) is 65.7 Å². The van der Waals surface area contributed by atoms with Gasteiger partial charge in [-0.3, -0.25) is 9.78 Å². The Hall–Kier alpha value is -2.60. The lowest BCUT2D eigenvalue weighted by atomic mass is 10.1. The molecular formula is C21H26N4O5S2. The first-order valence-corrected chi connectivity index (χ1v) is 13.0. The monoisotopic (exact) mass is 478 g/mol. The van der Waals surface area contributed by atoms with Crippen LogP contribution >= 0.6 is 0 Å². The molecule has 2 aromatic rings. The lowest BCUT2D eigenvalue weighted by Gasteiger charge is -2.17. The highest BCUT2D eigenvalue weighted by atomic mass is 32.2. The highest BCUT2D eigenvalue weighted by Gasteiger charge is 2.32. The largest absolute Gasteiger partial charge is 0.352 e. The molecule has 0 spiro atoms. The fourth-order valence-corrected chi connectivity index (χ4v) is 5.47. The molecule has 0 unspecified atom stereocenters. The third-order valence-corrected chi connectivity index (χ3v) is 8.09. The Bertz CT molecular complexity index is 1150. The van der Waals surface area contributed by atoms with E-state index < -0.39 is 20.0 Å². The van der Waals surface area contributed by atoms with E-state index in [0.717, 1.165) is 11.0 Å². The molecule has 3 rings (SSSR count). The molecule has 0 saturated carbocycles. The van der Waals surface area contributed by atoms with Gasteiger partial charge in [0.15, 0.2) is 0 Å². The van der Waals surface area contributed by atoms with Crippen molar-refractivity contribution in [1.82, 2.24) is 19.3 Å². The van der Waals surface area contributed by atoms with Crippen molar-refractivity contribution < 1.29 is 21.6 Å². The van der Waals surface area contributed by atoms with Crippen molar-refractivity contribution in [1.29, 1.82) is 0 Å². The van der Waals surface area contributed by atoms with Gasteiger partial charge in [-0.15, -0.1) is 0 Å². The van der Waals surface area contributed by atoms with Crippen molar-refractivity contribution in [3.63, 3.8) is 0 Å². The van der Waals surface area contributed by atoms with Gasteiger partial charge in [-0.25, -0.2) is 21.6 Å². The number of benzene rings is 1. The maximum Gasteiger partial charge on any atom is 0.243 e. The molecule has 1 aliphatic heterocycles. The molecule has 2 N–H and O–H groups in total. The quantitative estimate of drug-likeness (QED) is 0.525. The van der Waals surface area contributed by atoms with Crippen molar-refractivity contribution >= 4 is 26.0 Å². The van der Waals surface area contributed by atoms with Gasteiger partial charge in [-0.05, 0) is 47.7 Å². The Kier molecular flexibility index (Phi) is 7.77. The number of hydrogen-bond acceptors (Lipinski definition) is 6. The molecule has 0 bridgehead atoms. The zero-order valence-corrected chi connectivity index (χ0v) is 19.1. The molecule has 1 fully saturated rings. The van der Waals surface area contributed by atoms with E-state index in [4.69, 9.17) is 0 Å². The molecule has 1 aliphatic rings. The Balaban J connectivity index is 1.54. The summed E-state index contributed by atoms with van der Waals surface area (Å²) in [5.74, 6) is -0.273. The fourth-order valence-electron chi connectivity index (χ4n) is 3.35. The zero-order chi connectivity index (χ0) is 23.2. The van der Waals surface area contributed by atoms with Gasteiger partial charge in [0.2, 0.25) is 26.0 Å². The summed E-state index contributed by atoms with van der Waals surface area (Å²) >= 11 is 0. The summed E-state index contributed by atoms with van der Waals surface area (Å²) in [4.78, 5) is 16.2. The number of nitrogens with one attached hydrogen (secondary N) is 2. The normalized spacial score (nSPS) is 17.2. The summed E-state index contributed by atoms with van der Waals surface area (Å²) in [6.07, 6.45) is 4.01. The van der Waals surface area contributed by atoms with Crippen molar-refractivity contribution in [2.45, 2.75) is 24.3 Å². The van der Waals surface area contributed by atoms with Crippen LogP contribution in [-0.2, 0) is 37.8 Å². The average molecular weight is 479 g/mol. The van der Waals surface area contributed by atoms with Gasteiger partial charge in [0.05, 0.1) is 11.3 Å². The number of rotatable bonds is 10. The average Bonchev–Trinajstić information content (AvgIpc) is 3.28. The van der Waals surface area contributed by atoms with Gasteiger partial charge < -0.3 is 5.32 Å². The minimum absolute atomic E-state index is 0.108. The molecule has 0 radical (unpaired) electrons. The number of aromatic nitrogens is 1. The first kappa shape index (κ1) is 24.1. The van der Waals surface area contributed by atoms with Crippen molar-refractivity contribution in [3.05, 3.63) is 71.9 Å². The summed E-state index contributed by atoms with van der Waals surface area (Å²) in [6.45, 7) is 4.35. The van der Waals surface area contributed by atoms with Crippen molar-refractivity contribution in [3.8, 4) is 0 Å². The number of carbonyl (C=O) groups is 1. The Morgan fingerprint density at radius 3 is 2.44 bits per heavy atom. The molecule has 2 heterocycles. The van der Waals surface area contributed by atoms with E-state index in [1.807, 2.05) is 12.1 Å². The van der Waals surface area contributed by atoms with Crippen LogP contribution in [0, 0.1) is 5.92 Å². The summed E-state index contributed by atoms with van der Waals surface area (Å²) in [5.41, 5.74) is 1.64. The number of pyridine rings is 1. The molecular weight excluding hydrogens is 452 g/mol. The van der Waals surface area contributed by atoms with Crippen LogP contribution in [0.5, 0.6) is 0 Å². The maximum absolute atomic E-state index is 12.9. The first-order chi connectivity index (χ1) is 15.2. The molecule has 32 heavy (non-hydrogen) atoms. The van der Waals surface area contributed by atoms with Crippen molar-refractivity contribution in [2.75, 3.05) is 19.6 Å². The Morgan fingerprint density at radius 2 is 1.78 bits per heavy atom. The summed E-state index contributed by atoms with van der Waals surface area (Å²) in [6, 6.07) is 9.88. The SMILES string of the molecule is C=CS(=O)(=O)NC[C@H]1CCN(S(=O)(=O)c2ccc(CC(=O)NCc3ccncc3)cc2)C1. The Morgan fingerprint density at radius 1 is 1.09 bits per heavy atom. The number of carbonyl (C=O) groups excluding carboxylic acids is 1. The van der Waals surface area contributed by atoms with Gasteiger partial charge in [0.25, 0.3) is 0 Å². The highest BCUT2D eigenvalue weighted by molar-refractivity contribution is 7.92. The van der Waals surface area contributed by atoms with Gasteiger partial charge in [0, 0.05) is 44.0 Å². The molecule has 1 aromatic heterocycles. The van der Waals surface area contributed by atoms with Crippen LogP contribution in [0.2, 0.25) is 0 Å². The van der Waals surface area contributed by atoms with Crippen molar-refractivity contribution in [2.24, 2.45) is 5.92 Å².